The first-order valence-electron chi connectivity index (χ1n) is 8.94. The van der Waals surface area contributed by atoms with Crippen LogP contribution in [0.25, 0.3) is 0 Å². The normalized spacial score (nSPS) is 22.6. The van der Waals surface area contributed by atoms with Crippen LogP contribution in [-0.4, -0.2) is 58.6 Å². The van der Waals surface area contributed by atoms with Crippen LogP contribution in [0.5, 0.6) is 0 Å². The van der Waals surface area contributed by atoms with Gasteiger partial charge >= 0.3 is 5.97 Å². The monoisotopic (exact) mass is 389 g/mol. The van der Waals surface area contributed by atoms with Crippen LogP contribution in [0.1, 0.15) is 35.2 Å². The average Bonchev–Trinajstić information content (AvgIpc) is 3.23. The maximum Gasteiger partial charge on any atom is 0.308 e. The van der Waals surface area contributed by atoms with Gasteiger partial charge in [0.1, 0.15) is 5.37 Å². The predicted molar refractivity (Wildman–Crippen MR) is 103 cm³/mol. The molecule has 1 aromatic rings. The van der Waals surface area contributed by atoms with Gasteiger partial charge in [-0.15, -0.1) is 11.8 Å². The van der Waals surface area contributed by atoms with Crippen molar-refractivity contribution in [3.8, 4) is 0 Å². The second kappa shape index (κ2) is 8.27. The number of aliphatic carboxylic acids is 1. The van der Waals surface area contributed by atoms with E-state index in [0.717, 1.165) is 18.4 Å². The van der Waals surface area contributed by atoms with Gasteiger partial charge < -0.3 is 14.7 Å². The van der Waals surface area contributed by atoms with E-state index in [4.69, 9.17) is 4.74 Å². The minimum atomic E-state index is -1.12. The van der Waals surface area contributed by atoms with Crippen molar-refractivity contribution >= 4 is 29.4 Å². The maximum absolute atomic E-state index is 13.2. The Hall–Kier alpha value is -2.12. The lowest BCUT2D eigenvalue weighted by Crippen LogP contribution is -2.40. The maximum atomic E-state index is 13.2. The molecule has 7 heteroatoms. The zero-order valence-electron chi connectivity index (χ0n) is 15.4. The van der Waals surface area contributed by atoms with Crippen LogP contribution in [0.3, 0.4) is 0 Å². The number of carbonyl (C=O) groups is 3. The van der Waals surface area contributed by atoms with Crippen molar-refractivity contribution in [1.82, 2.24) is 4.90 Å². The molecule has 0 saturated carbocycles. The van der Waals surface area contributed by atoms with Gasteiger partial charge in [-0.05, 0) is 32.1 Å². The fourth-order valence-electron chi connectivity index (χ4n) is 3.64. The van der Waals surface area contributed by atoms with E-state index in [9.17, 15) is 19.5 Å². The molecule has 0 aliphatic carbocycles. The summed E-state index contributed by atoms with van der Waals surface area (Å²) in [6.07, 6.45) is 3.11. The molecule has 1 amide bonds. The molecule has 144 valence electrons. The third-order valence-corrected chi connectivity index (χ3v) is 5.81. The zero-order valence-corrected chi connectivity index (χ0v) is 16.3. The second-order valence-electron chi connectivity index (χ2n) is 6.84. The van der Waals surface area contributed by atoms with Crippen molar-refractivity contribution in [1.29, 1.82) is 0 Å². The van der Waals surface area contributed by atoms with E-state index < -0.39 is 17.8 Å². The molecule has 2 aliphatic rings. The summed E-state index contributed by atoms with van der Waals surface area (Å²) >= 11 is 1.37. The molecule has 1 fully saturated rings. The van der Waals surface area contributed by atoms with E-state index in [-0.39, 0.29) is 23.4 Å². The number of benzene rings is 1. The lowest BCUT2D eigenvalue weighted by atomic mass is 9.97. The summed E-state index contributed by atoms with van der Waals surface area (Å²) in [5.41, 5.74) is 1.78. The Labute approximate surface area is 162 Å². The summed E-state index contributed by atoms with van der Waals surface area (Å²) in [4.78, 5) is 39.2. The van der Waals surface area contributed by atoms with Crippen molar-refractivity contribution in [2.45, 2.75) is 37.7 Å². The molecule has 0 spiro atoms. The lowest BCUT2D eigenvalue weighted by Gasteiger charge is -2.27. The predicted octanol–water partition coefficient (Wildman–Crippen LogP) is 2.66. The zero-order chi connectivity index (χ0) is 19.6. The fourth-order valence-corrected chi connectivity index (χ4v) is 4.57. The Morgan fingerprint density at radius 2 is 2.15 bits per heavy atom. The summed E-state index contributed by atoms with van der Waals surface area (Å²) in [5, 5.41) is 8.79. The van der Waals surface area contributed by atoms with Gasteiger partial charge in [0, 0.05) is 29.9 Å². The molecule has 2 aliphatic heterocycles. The number of amides is 1. The van der Waals surface area contributed by atoms with E-state index >= 15 is 0 Å². The molecule has 0 aromatic heterocycles. The number of ketones is 1. The first-order chi connectivity index (χ1) is 12.9. The van der Waals surface area contributed by atoms with Gasteiger partial charge in [-0.3, -0.25) is 14.4 Å². The van der Waals surface area contributed by atoms with Gasteiger partial charge in [0.05, 0.1) is 12.5 Å². The fraction of sp³-hybridized carbons (Fsp3) is 0.450. The number of carboxylic acids is 1. The minimum absolute atomic E-state index is 0.0666. The van der Waals surface area contributed by atoms with Crippen LogP contribution >= 0.6 is 11.8 Å². The molecular weight excluding hydrogens is 366 g/mol. The summed E-state index contributed by atoms with van der Waals surface area (Å²) < 4.78 is 5.65. The summed E-state index contributed by atoms with van der Waals surface area (Å²) in [6, 6.07) is 7.14. The van der Waals surface area contributed by atoms with Gasteiger partial charge in [-0.25, -0.2) is 0 Å². The van der Waals surface area contributed by atoms with E-state index in [0.29, 0.717) is 24.3 Å². The van der Waals surface area contributed by atoms with Crippen molar-refractivity contribution in [3.05, 3.63) is 46.5 Å². The number of Topliss-reactive ketones (excluding diaryl/α,β-unsaturated/α-hetero) is 1. The lowest BCUT2D eigenvalue weighted by molar-refractivity contribution is -0.137. The highest BCUT2D eigenvalue weighted by atomic mass is 32.2. The van der Waals surface area contributed by atoms with E-state index in [2.05, 4.69) is 0 Å². The van der Waals surface area contributed by atoms with E-state index in [1.165, 1.54) is 11.8 Å². The molecule has 1 N–H and O–H groups in total. The number of rotatable bonds is 7. The summed E-state index contributed by atoms with van der Waals surface area (Å²) in [5.74, 6) is -1.77. The number of aryl methyl sites for hydroxylation is 1. The first kappa shape index (κ1) is 19.6. The Kier molecular flexibility index (Phi) is 6.01. The third-order valence-electron chi connectivity index (χ3n) is 4.87. The molecule has 2 unspecified atom stereocenters. The van der Waals surface area contributed by atoms with Gasteiger partial charge in [0.25, 0.3) is 5.91 Å². The average molecular weight is 389 g/mol. The number of nitrogens with zero attached hydrogens (tertiary/aromatic N) is 1. The molecule has 0 bridgehead atoms. The Morgan fingerprint density at radius 1 is 1.37 bits per heavy atom. The van der Waals surface area contributed by atoms with Crippen LogP contribution in [0, 0.1) is 6.92 Å². The van der Waals surface area contributed by atoms with Crippen LogP contribution in [0.2, 0.25) is 0 Å². The second-order valence-corrected chi connectivity index (χ2v) is 7.76. The van der Waals surface area contributed by atoms with Crippen LogP contribution in [0.15, 0.2) is 35.4 Å². The van der Waals surface area contributed by atoms with E-state index in [1.807, 2.05) is 19.2 Å². The highest BCUT2D eigenvalue weighted by molar-refractivity contribution is 7.99. The summed E-state index contributed by atoms with van der Waals surface area (Å²) in [6.45, 7) is 2.93. The SMILES string of the molecule is CSC1C(C(=O)c2cccc(C)c2)=C(CC(=O)O)C(=O)N1CC1CCCO1. The molecule has 1 aromatic carbocycles. The van der Waals surface area contributed by atoms with Crippen LogP contribution in [0.4, 0.5) is 0 Å². The van der Waals surface area contributed by atoms with Crippen LogP contribution in [-0.2, 0) is 14.3 Å². The van der Waals surface area contributed by atoms with Crippen molar-refractivity contribution in [2.75, 3.05) is 19.4 Å². The molecule has 27 heavy (non-hydrogen) atoms. The van der Waals surface area contributed by atoms with Crippen molar-refractivity contribution in [2.24, 2.45) is 0 Å². The minimum Gasteiger partial charge on any atom is -0.481 e. The number of hydrogen-bond donors (Lipinski definition) is 1. The van der Waals surface area contributed by atoms with E-state index in [1.54, 1.807) is 23.1 Å². The van der Waals surface area contributed by atoms with Crippen molar-refractivity contribution in [3.63, 3.8) is 0 Å². The third kappa shape index (κ3) is 4.09. The highest BCUT2D eigenvalue weighted by Gasteiger charge is 2.43. The number of carboxylic acid groups (broad SMARTS) is 1. The molecular formula is C20H23NO5S. The molecule has 6 nitrogen and oxygen atoms in total. The molecule has 0 radical (unpaired) electrons. The van der Waals surface area contributed by atoms with Gasteiger partial charge in [0.2, 0.25) is 0 Å². The van der Waals surface area contributed by atoms with Crippen molar-refractivity contribution < 1.29 is 24.2 Å². The molecule has 1 saturated heterocycles. The molecule has 2 heterocycles. The number of thioether (sulfide) groups is 1. The molecule has 3 rings (SSSR count). The number of ether oxygens (including phenoxy) is 1. The highest BCUT2D eigenvalue weighted by Crippen LogP contribution is 2.37. The smallest absolute Gasteiger partial charge is 0.308 e. The quantitative estimate of drug-likeness (QED) is 0.722. The number of carbonyl (C=O) groups excluding carboxylic acids is 2. The first-order valence-corrected chi connectivity index (χ1v) is 10.2. The Bertz CT molecular complexity index is 797. The van der Waals surface area contributed by atoms with Gasteiger partial charge in [-0.1, -0.05) is 23.8 Å². The van der Waals surface area contributed by atoms with Crippen LogP contribution < -0.4 is 0 Å². The standard InChI is InChI=1S/C20H23NO5S/c1-12-5-3-6-13(9-12)18(24)17-15(10-16(22)23)19(25)21(20(17)27-2)11-14-7-4-8-26-14/h3,5-6,9,14,20H,4,7-8,10-11H2,1-2H3,(H,22,23). The largest absolute Gasteiger partial charge is 0.481 e. The topological polar surface area (TPSA) is 83.9 Å². The van der Waals surface area contributed by atoms with Gasteiger partial charge in [-0.2, -0.15) is 0 Å². The Balaban J connectivity index is 1.98. The summed E-state index contributed by atoms with van der Waals surface area (Å²) in [7, 11) is 0. The van der Waals surface area contributed by atoms with Gasteiger partial charge in [0.15, 0.2) is 5.78 Å². The molecule has 2 atom stereocenters. The number of hydrogen-bond acceptors (Lipinski definition) is 5. The Morgan fingerprint density at radius 3 is 2.74 bits per heavy atom.